The number of nitrogens with zero attached hydrogens (tertiary/aromatic N) is 2. The Balaban J connectivity index is 1.51. The van der Waals surface area contributed by atoms with Crippen molar-refractivity contribution in [3.63, 3.8) is 0 Å². The first-order valence-electron chi connectivity index (χ1n) is 10.6. The molecule has 6 nitrogen and oxygen atoms in total. The molecule has 0 aromatic heterocycles. The first-order valence-corrected chi connectivity index (χ1v) is 12.0. The van der Waals surface area contributed by atoms with Gasteiger partial charge in [-0.25, -0.2) is 0 Å². The summed E-state index contributed by atoms with van der Waals surface area (Å²) in [5.74, 6) is 0. The zero-order valence-electron chi connectivity index (χ0n) is 17.2. The average Bonchev–Trinajstić information content (AvgIpc) is 3.44. The Kier molecular flexibility index (Phi) is 9.73. The zero-order chi connectivity index (χ0) is 19.7. The monoisotopic (exact) mass is 401 g/mol. The molecule has 2 rings (SSSR count). The molecule has 7 heteroatoms. The molecule has 0 spiro atoms. The van der Waals surface area contributed by atoms with Gasteiger partial charge in [-0.3, -0.25) is 0 Å². The predicted molar refractivity (Wildman–Crippen MR) is 111 cm³/mol. The van der Waals surface area contributed by atoms with Crippen LogP contribution in [0.5, 0.6) is 0 Å². The van der Waals surface area contributed by atoms with Crippen molar-refractivity contribution in [1.82, 2.24) is 13.9 Å². The van der Waals surface area contributed by atoms with Gasteiger partial charge in [-0.2, -0.15) is 17.4 Å². The smallest absolute Gasteiger partial charge is 0.279 e. The zero-order valence-corrected chi connectivity index (χ0v) is 18.1. The molecule has 2 saturated carbocycles. The van der Waals surface area contributed by atoms with E-state index in [0.717, 1.165) is 64.6 Å². The molecular formula is C20H39N3O3S. The molecule has 2 fully saturated rings. The Bertz CT molecular complexity index is 529. The highest BCUT2D eigenvalue weighted by atomic mass is 32.2. The molecule has 158 valence electrons. The molecule has 0 aliphatic heterocycles. The lowest BCUT2D eigenvalue weighted by Gasteiger charge is -2.34. The van der Waals surface area contributed by atoms with Crippen molar-refractivity contribution < 1.29 is 13.2 Å². The van der Waals surface area contributed by atoms with Gasteiger partial charge in [-0.1, -0.05) is 18.9 Å². The summed E-state index contributed by atoms with van der Waals surface area (Å²) in [6.45, 7) is 6.67. The maximum absolute atomic E-state index is 12.3. The summed E-state index contributed by atoms with van der Waals surface area (Å²) in [5, 5.41) is 0. The van der Waals surface area contributed by atoms with Crippen LogP contribution in [0, 0.1) is 0 Å². The summed E-state index contributed by atoms with van der Waals surface area (Å²) in [4.78, 5) is 2.29. The molecule has 0 saturated heterocycles. The van der Waals surface area contributed by atoms with Crippen LogP contribution in [0.4, 0.5) is 0 Å². The van der Waals surface area contributed by atoms with Crippen LogP contribution in [0.15, 0.2) is 12.7 Å². The highest BCUT2D eigenvalue weighted by molar-refractivity contribution is 7.87. The van der Waals surface area contributed by atoms with E-state index in [-0.39, 0.29) is 12.1 Å². The van der Waals surface area contributed by atoms with Gasteiger partial charge < -0.3 is 9.64 Å². The van der Waals surface area contributed by atoms with E-state index in [0.29, 0.717) is 6.10 Å². The SMILES string of the molecule is C=CCN(C)CCCCCCO[C@H]1CC[C@H](N(C)S(=O)(=O)NC2CC2)CC1. The molecule has 0 unspecified atom stereocenters. The van der Waals surface area contributed by atoms with Gasteiger partial charge in [0.25, 0.3) is 10.2 Å². The van der Waals surface area contributed by atoms with Crippen molar-refractivity contribution in [3.8, 4) is 0 Å². The van der Waals surface area contributed by atoms with Crippen LogP contribution in [0.3, 0.4) is 0 Å². The lowest BCUT2D eigenvalue weighted by Crippen LogP contribution is -2.46. The van der Waals surface area contributed by atoms with Crippen molar-refractivity contribution in [2.75, 3.05) is 33.8 Å². The van der Waals surface area contributed by atoms with E-state index < -0.39 is 10.2 Å². The van der Waals surface area contributed by atoms with Gasteiger partial charge in [-0.15, -0.1) is 6.58 Å². The Morgan fingerprint density at radius 3 is 2.33 bits per heavy atom. The second-order valence-corrected chi connectivity index (χ2v) is 9.94. The molecule has 0 atom stereocenters. The Hall–Kier alpha value is -0.470. The number of hydrogen-bond donors (Lipinski definition) is 1. The normalized spacial score (nSPS) is 23.9. The quantitative estimate of drug-likeness (QED) is 0.359. The van der Waals surface area contributed by atoms with Gasteiger partial charge >= 0.3 is 0 Å². The molecular weight excluding hydrogens is 362 g/mol. The minimum absolute atomic E-state index is 0.105. The van der Waals surface area contributed by atoms with Gasteiger partial charge in [0.2, 0.25) is 0 Å². The fraction of sp³-hybridized carbons (Fsp3) is 0.900. The third-order valence-corrected chi connectivity index (χ3v) is 7.35. The van der Waals surface area contributed by atoms with Crippen molar-refractivity contribution in [3.05, 3.63) is 12.7 Å². The maximum atomic E-state index is 12.3. The molecule has 0 radical (unpaired) electrons. The van der Waals surface area contributed by atoms with Gasteiger partial charge in [0.15, 0.2) is 0 Å². The van der Waals surface area contributed by atoms with Gasteiger partial charge in [0, 0.05) is 32.3 Å². The van der Waals surface area contributed by atoms with E-state index in [9.17, 15) is 8.42 Å². The van der Waals surface area contributed by atoms with Crippen molar-refractivity contribution in [2.24, 2.45) is 0 Å². The van der Waals surface area contributed by atoms with Crippen LogP contribution in [0.25, 0.3) is 0 Å². The molecule has 2 aliphatic carbocycles. The van der Waals surface area contributed by atoms with Crippen LogP contribution >= 0.6 is 0 Å². The number of hydrogen-bond acceptors (Lipinski definition) is 4. The topological polar surface area (TPSA) is 61.9 Å². The Morgan fingerprint density at radius 2 is 1.70 bits per heavy atom. The summed E-state index contributed by atoms with van der Waals surface area (Å²) in [6.07, 6.45) is 12.7. The first-order chi connectivity index (χ1) is 12.9. The van der Waals surface area contributed by atoms with Crippen LogP contribution in [-0.2, 0) is 14.9 Å². The van der Waals surface area contributed by atoms with Gasteiger partial charge in [0.05, 0.1) is 6.10 Å². The molecule has 0 aromatic carbocycles. The Labute approximate surface area is 166 Å². The second kappa shape index (κ2) is 11.5. The summed E-state index contributed by atoms with van der Waals surface area (Å²) in [6, 6.07) is 0.271. The van der Waals surface area contributed by atoms with Gasteiger partial charge in [-0.05, 0) is 65.0 Å². The number of rotatable bonds is 14. The van der Waals surface area contributed by atoms with E-state index in [4.69, 9.17) is 4.74 Å². The number of nitrogens with one attached hydrogen (secondary N) is 1. The fourth-order valence-electron chi connectivity index (χ4n) is 3.67. The third kappa shape index (κ3) is 8.60. The third-order valence-electron chi connectivity index (χ3n) is 5.66. The van der Waals surface area contributed by atoms with E-state index in [1.54, 1.807) is 11.4 Å². The lowest BCUT2D eigenvalue weighted by atomic mass is 9.93. The summed E-state index contributed by atoms with van der Waals surface area (Å²) >= 11 is 0. The van der Waals surface area contributed by atoms with Crippen LogP contribution in [0.1, 0.15) is 64.2 Å². The maximum Gasteiger partial charge on any atom is 0.279 e. The second-order valence-electron chi connectivity index (χ2n) is 8.18. The summed E-state index contributed by atoms with van der Waals surface area (Å²) in [7, 11) is 0.522. The number of likely N-dealkylation sites (N-methyl/N-ethyl adjacent to an activating group) is 1. The molecule has 2 aliphatic rings. The van der Waals surface area contributed by atoms with Crippen LogP contribution in [0.2, 0.25) is 0 Å². The molecule has 0 heterocycles. The van der Waals surface area contributed by atoms with E-state index in [1.807, 2.05) is 6.08 Å². The fourth-order valence-corrected chi connectivity index (χ4v) is 5.09. The highest BCUT2D eigenvalue weighted by Gasteiger charge is 2.34. The average molecular weight is 402 g/mol. The molecule has 27 heavy (non-hydrogen) atoms. The van der Waals surface area contributed by atoms with E-state index in [1.165, 1.54) is 19.3 Å². The lowest BCUT2D eigenvalue weighted by molar-refractivity contribution is 0.0155. The highest BCUT2D eigenvalue weighted by Crippen LogP contribution is 2.27. The molecule has 0 aromatic rings. The molecule has 0 amide bonds. The Morgan fingerprint density at radius 1 is 1.04 bits per heavy atom. The molecule has 1 N–H and O–H groups in total. The van der Waals surface area contributed by atoms with E-state index >= 15 is 0 Å². The summed E-state index contributed by atoms with van der Waals surface area (Å²) in [5.41, 5.74) is 0. The minimum Gasteiger partial charge on any atom is -0.378 e. The molecule has 0 bridgehead atoms. The standard InChI is InChI=1S/C20H39N3O3S/c1-4-15-22(2)16-7-5-6-8-17-26-20-13-11-19(12-14-20)23(3)27(24,25)21-18-9-10-18/h4,18-21H,1,5-17H2,2-3H3/t19-,20-. The van der Waals surface area contributed by atoms with Crippen molar-refractivity contribution in [2.45, 2.75) is 82.4 Å². The first kappa shape index (κ1) is 22.8. The number of ether oxygens (including phenoxy) is 1. The minimum atomic E-state index is -3.32. The summed E-state index contributed by atoms with van der Waals surface area (Å²) < 4.78 is 35.0. The van der Waals surface area contributed by atoms with Crippen molar-refractivity contribution >= 4 is 10.2 Å². The largest absolute Gasteiger partial charge is 0.378 e. The van der Waals surface area contributed by atoms with E-state index in [2.05, 4.69) is 23.2 Å². The van der Waals surface area contributed by atoms with Crippen LogP contribution in [-0.4, -0.2) is 69.6 Å². The van der Waals surface area contributed by atoms with Crippen molar-refractivity contribution in [1.29, 1.82) is 0 Å². The van der Waals surface area contributed by atoms with Gasteiger partial charge in [0.1, 0.15) is 0 Å². The number of unbranched alkanes of at least 4 members (excludes halogenated alkanes) is 3. The predicted octanol–water partition coefficient (Wildman–Crippen LogP) is 2.92. The van der Waals surface area contributed by atoms with Crippen LogP contribution < -0.4 is 4.72 Å².